The van der Waals surface area contributed by atoms with E-state index in [1.807, 2.05) is 6.07 Å². The quantitative estimate of drug-likeness (QED) is 0.555. The summed E-state index contributed by atoms with van der Waals surface area (Å²) < 4.78 is 0. The number of nitrogens with one attached hydrogen (secondary N) is 1. The predicted octanol–water partition coefficient (Wildman–Crippen LogP) is 2.28. The molecule has 3 N–H and O–H groups in total. The molecule has 0 radical (unpaired) electrons. The van der Waals surface area contributed by atoms with Crippen LogP contribution in [0.3, 0.4) is 0 Å². The fraction of sp³-hybridized carbons (Fsp3) is 0.500. The lowest BCUT2D eigenvalue weighted by Gasteiger charge is -2.22. The van der Waals surface area contributed by atoms with E-state index in [2.05, 4.69) is 43.5 Å². The van der Waals surface area contributed by atoms with Gasteiger partial charge in [-0.3, -0.25) is 11.3 Å². The van der Waals surface area contributed by atoms with Gasteiger partial charge in [0.15, 0.2) is 0 Å². The summed E-state index contributed by atoms with van der Waals surface area (Å²) in [5, 5.41) is 0. The largest absolute Gasteiger partial charge is 0.271 e. The van der Waals surface area contributed by atoms with Crippen molar-refractivity contribution in [2.45, 2.75) is 26.2 Å². The van der Waals surface area contributed by atoms with Crippen molar-refractivity contribution in [2.75, 3.05) is 6.54 Å². The molecule has 0 saturated heterocycles. The monoisotopic (exact) mass is 192 g/mol. The molecule has 1 rings (SSSR count). The van der Waals surface area contributed by atoms with Gasteiger partial charge in [-0.15, -0.1) is 0 Å². The third kappa shape index (κ3) is 2.82. The average Bonchev–Trinajstić information content (AvgIpc) is 2.26. The molecule has 0 aromatic heterocycles. The fourth-order valence-corrected chi connectivity index (χ4v) is 1.76. The number of rotatable bonds is 5. The second-order valence-corrected chi connectivity index (χ2v) is 3.81. The molecule has 2 heteroatoms. The van der Waals surface area contributed by atoms with E-state index in [4.69, 9.17) is 5.84 Å². The van der Waals surface area contributed by atoms with Crippen molar-refractivity contribution in [3.8, 4) is 0 Å². The first-order valence-electron chi connectivity index (χ1n) is 5.28. The zero-order valence-corrected chi connectivity index (χ0v) is 9.03. The van der Waals surface area contributed by atoms with Gasteiger partial charge >= 0.3 is 0 Å². The van der Waals surface area contributed by atoms with E-state index in [-0.39, 0.29) is 0 Å². The fourth-order valence-electron chi connectivity index (χ4n) is 1.76. The van der Waals surface area contributed by atoms with Crippen molar-refractivity contribution in [1.29, 1.82) is 0 Å². The Morgan fingerprint density at radius 2 is 1.93 bits per heavy atom. The molecular formula is C12H20N2. The van der Waals surface area contributed by atoms with Crippen LogP contribution in [0.1, 0.15) is 31.7 Å². The standard InChI is InChI=1S/C12H20N2/c1-3-10(2)12(9-14-13)11-7-5-4-6-8-11/h4-8,10,12,14H,3,9,13H2,1-2H3/t10-,12-/m0/s1. The Morgan fingerprint density at radius 3 is 2.43 bits per heavy atom. The van der Waals surface area contributed by atoms with Crippen LogP contribution in [0.2, 0.25) is 0 Å². The second-order valence-electron chi connectivity index (χ2n) is 3.81. The van der Waals surface area contributed by atoms with Crippen LogP contribution in [-0.2, 0) is 0 Å². The average molecular weight is 192 g/mol. The molecule has 1 aromatic carbocycles. The van der Waals surface area contributed by atoms with E-state index in [1.165, 1.54) is 12.0 Å². The summed E-state index contributed by atoms with van der Waals surface area (Å²) in [6, 6.07) is 10.6. The molecule has 2 nitrogen and oxygen atoms in total. The molecule has 0 heterocycles. The van der Waals surface area contributed by atoms with Gasteiger partial charge in [0.2, 0.25) is 0 Å². The summed E-state index contributed by atoms with van der Waals surface area (Å²) in [6.07, 6.45) is 1.18. The first-order chi connectivity index (χ1) is 6.79. The molecule has 0 spiro atoms. The SMILES string of the molecule is CC[C@H](C)[C@H](CNN)c1ccccc1. The molecule has 0 fully saturated rings. The highest BCUT2D eigenvalue weighted by molar-refractivity contribution is 5.20. The highest BCUT2D eigenvalue weighted by Crippen LogP contribution is 2.25. The lowest BCUT2D eigenvalue weighted by atomic mass is 9.86. The normalized spacial score (nSPS) is 15.1. The van der Waals surface area contributed by atoms with Crippen LogP contribution in [-0.4, -0.2) is 6.54 Å². The van der Waals surface area contributed by atoms with Crippen LogP contribution >= 0.6 is 0 Å². The highest BCUT2D eigenvalue weighted by Gasteiger charge is 2.16. The van der Waals surface area contributed by atoms with Crippen molar-refractivity contribution in [3.05, 3.63) is 35.9 Å². The summed E-state index contributed by atoms with van der Waals surface area (Å²) in [5.41, 5.74) is 4.16. The second kappa shape index (κ2) is 5.78. The van der Waals surface area contributed by atoms with Crippen LogP contribution in [0.4, 0.5) is 0 Å². The van der Waals surface area contributed by atoms with E-state index >= 15 is 0 Å². The Morgan fingerprint density at radius 1 is 1.29 bits per heavy atom. The van der Waals surface area contributed by atoms with Crippen molar-refractivity contribution in [3.63, 3.8) is 0 Å². The molecule has 78 valence electrons. The van der Waals surface area contributed by atoms with Gasteiger partial charge in [0.25, 0.3) is 0 Å². The number of hydrazine groups is 1. The molecule has 1 aromatic rings. The first kappa shape index (κ1) is 11.2. The van der Waals surface area contributed by atoms with E-state index in [1.54, 1.807) is 0 Å². The molecule has 0 bridgehead atoms. The molecule has 0 aliphatic rings. The molecule has 0 aliphatic heterocycles. The lowest BCUT2D eigenvalue weighted by Crippen LogP contribution is -2.30. The molecule has 0 amide bonds. The molecule has 0 unspecified atom stereocenters. The third-order valence-electron chi connectivity index (χ3n) is 2.90. The highest BCUT2D eigenvalue weighted by atomic mass is 15.2. The van der Waals surface area contributed by atoms with Crippen LogP contribution in [0, 0.1) is 5.92 Å². The number of benzene rings is 1. The number of hydrogen-bond acceptors (Lipinski definition) is 2. The summed E-state index contributed by atoms with van der Waals surface area (Å²) in [7, 11) is 0. The van der Waals surface area contributed by atoms with Gasteiger partial charge < -0.3 is 0 Å². The molecule has 0 aliphatic carbocycles. The van der Waals surface area contributed by atoms with Gasteiger partial charge in [-0.1, -0.05) is 50.6 Å². The van der Waals surface area contributed by atoms with Crippen LogP contribution in [0.15, 0.2) is 30.3 Å². The van der Waals surface area contributed by atoms with Gasteiger partial charge in [0.1, 0.15) is 0 Å². The maximum atomic E-state index is 5.41. The van der Waals surface area contributed by atoms with Gasteiger partial charge in [0.05, 0.1) is 0 Å². The topological polar surface area (TPSA) is 38.0 Å². The molecule has 2 atom stereocenters. The molecule has 0 saturated carbocycles. The third-order valence-corrected chi connectivity index (χ3v) is 2.90. The summed E-state index contributed by atoms with van der Waals surface area (Å²) >= 11 is 0. The Bertz CT molecular complexity index is 246. The van der Waals surface area contributed by atoms with E-state index < -0.39 is 0 Å². The van der Waals surface area contributed by atoms with Gasteiger partial charge in [-0.2, -0.15) is 0 Å². The Labute approximate surface area is 86.5 Å². The summed E-state index contributed by atoms with van der Waals surface area (Å²) in [4.78, 5) is 0. The van der Waals surface area contributed by atoms with Gasteiger partial charge in [-0.25, -0.2) is 0 Å². The summed E-state index contributed by atoms with van der Waals surface area (Å²) in [6.45, 7) is 5.34. The van der Waals surface area contributed by atoms with Crippen molar-refractivity contribution in [2.24, 2.45) is 11.8 Å². The Kier molecular flexibility index (Phi) is 4.63. The Hall–Kier alpha value is -0.860. The number of hydrogen-bond donors (Lipinski definition) is 2. The van der Waals surface area contributed by atoms with Crippen molar-refractivity contribution >= 4 is 0 Å². The van der Waals surface area contributed by atoms with Gasteiger partial charge in [0, 0.05) is 12.5 Å². The minimum absolute atomic E-state index is 0.520. The predicted molar refractivity (Wildman–Crippen MR) is 60.8 cm³/mol. The van der Waals surface area contributed by atoms with Gasteiger partial charge in [-0.05, 0) is 11.5 Å². The zero-order valence-electron chi connectivity index (χ0n) is 9.03. The van der Waals surface area contributed by atoms with Crippen LogP contribution in [0.25, 0.3) is 0 Å². The smallest absolute Gasteiger partial charge is 0.0169 e. The molecular weight excluding hydrogens is 172 g/mol. The van der Waals surface area contributed by atoms with E-state index in [0.717, 1.165) is 6.54 Å². The zero-order chi connectivity index (χ0) is 10.4. The first-order valence-corrected chi connectivity index (χ1v) is 5.28. The van der Waals surface area contributed by atoms with E-state index in [0.29, 0.717) is 11.8 Å². The Balaban J connectivity index is 2.77. The number of nitrogens with two attached hydrogens (primary N) is 1. The minimum atomic E-state index is 0.520. The van der Waals surface area contributed by atoms with Crippen molar-refractivity contribution in [1.82, 2.24) is 5.43 Å². The molecule has 14 heavy (non-hydrogen) atoms. The maximum Gasteiger partial charge on any atom is 0.0169 e. The maximum absolute atomic E-state index is 5.41. The van der Waals surface area contributed by atoms with E-state index in [9.17, 15) is 0 Å². The lowest BCUT2D eigenvalue weighted by molar-refractivity contribution is 0.424. The summed E-state index contributed by atoms with van der Waals surface area (Å²) in [5.74, 6) is 6.59. The van der Waals surface area contributed by atoms with Crippen molar-refractivity contribution < 1.29 is 0 Å². The van der Waals surface area contributed by atoms with Crippen LogP contribution < -0.4 is 11.3 Å². The van der Waals surface area contributed by atoms with Crippen LogP contribution in [0.5, 0.6) is 0 Å². The minimum Gasteiger partial charge on any atom is -0.271 e.